The van der Waals surface area contributed by atoms with Gasteiger partial charge in [-0.3, -0.25) is 9.59 Å². The second-order valence-electron chi connectivity index (χ2n) is 8.56. The van der Waals surface area contributed by atoms with E-state index in [0.717, 1.165) is 31.5 Å². The van der Waals surface area contributed by atoms with Crippen LogP contribution in [-0.4, -0.2) is 38.1 Å². The fourth-order valence-corrected chi connectivity index (χ4v) is 3.87. The van der Waals surface area contributed by atoms with Crippen molar-refractivity contribution in [3.63, 3.8) is 0 Å². The zero-order valence-corrected chi connectivity index (χ0v) is 18.1. The average Bonchev–Trinajstić information content (AvgIpc) is 2.66. The highest BCUT2D eigenvalue weighted by Crippen LogP contribution is 2.24. The van der Waals surface area contributed by atoms with Gasteiger partial charge in [-0.2, -0.15) is 0 Å². The summed E-state index contributed by atoms with van der Waals surface area (Å²) >= 11 is 0. The van der Waals surface area contributed by atoms with Crippen LogP contribution in [0.2, 0.25) is 0 Å². The lowest BCUT2D eigenvalue weighted by atomic mass is 9.93. The molecule has 156 valence electrons. The minimum absolute atomic E-state index is 0.00496. The summed E-state index contributed by atoms with van der Waals surface area (Å²) in [4.78, 5) is 25.8. The van der Waals surface area contributed by atoms with Crippen LogP contribution in [-0.2, 0) is 14.3 Å². The molecule has 0 bridgehead atoms. The van der Waals surface area contributed by atoms with E-state index in [4.69, 9.17) is 4.74 Å². The minimum atomic E-state index is -0.0873. The molecule has 1 fully saturated rings. The first-order valence-corrected chi connectivity index (χ1v) is 10.7. The Morgan fingerprint density at radius 3 is 2.14 bits per heavy atom. The maximum absolute atomic E-state index is 12.7. The van der Waals surface area contributed by atoms with Crippen LogP contribution in [0.15, 0.2) is 24.3 Å². The van der Waals surface area contributed by atoms with Crippen LogP contribution in [0.1, 0.15) is 70.5 Å². The van der Waals surface area contributed by atoms with Crippen LogP contribution in [0.25, 0.3) is 0 Å². The Morgan fingerprint density at radius 1 is 1.07 bits per heavy atom. The number of hydrogen-bond donors (Lipinski definition) is 2. The summed E-state index contributed by atoms with van der Waals surface area (Å²) in [6, 6.07) is 8.61. The Hall–Kier alpha value is -1.88. The molecular formula is C23H37N2O3+. The monoisotopic (exact) mass is 389 g/mol. The maximum atomic E-state index is 12.7. The number of likely N-dealkylation sites (tertiary alicyclic amines) is 1. The number of ether oxygens (including phenoxy) is 1. The van der Waals surface area contributed by atoms with Gasteiger partial charge in [0, 0.05) is 12.8 Å². The van der Waals surface area contributed by atoms with Crippen molar-refractivity contribution < 1.29 is 19.2 Å². The molecule has 1 aliphatic heterocycles. The van der Waals surface area contributed by atoms with Gasteiger partial charge in [-0.15, -0.1) is 0 Å². The van der Waals surface area contributed by atoms with Crippen LogP contribution in [0.5, 0.6) is 0 Å². The van der Waals surface area contributed by atoms with Crippen molar-refractivity contribution in [3.8, 4) is 0 Å². The third kappa shape index (κ3) is 6.33. The Balaban J connectivity index is 1.88. The molecule has 0 aliphatic carbocycles. The molecule has 5 nitrogen and oxygen atoms in total. The van der Waals surface area contributed by atoms with Gasteiger partial charge >= 0.3 is 5.97 Å². The number of carbonyl (C=O) groups is 2. The average molecular weight is 390 g/mol. The zero-order chi connectivity index (χ0) is 20.7. The number of piperidine rings is 1. The minimum Gasteiger partial charge on any atom is -0.466 e. The van der Waals surface area contributed by atoms with E-state index in [0.29, 0.717) is 25.0 Å². The van der Waals surface area contributed by atoms with Gasteiger partial charge in [0.1, 0.15) is 0 Å². The lowest BCUT2D eigenvalue weighted by Gasteiger charge is -2.29. The van der Waals surface area contributed by atoms with Crippen LogP contribution >= 0.6 is 0 Å². The van der Waals surface area contributed by atoms with Gasteiger partial charge in [0.2, 0.25) is 0 Å². The van der Waals surface area contributed by atoms with Crippen molar-refractivity contribution in [1.82, 2.24) is 5.32 Å². The first kappa shape index (κ1) is 22.4. The first-order valence-electron chi connectivity index (χ1n) is 10.7. The van der Waals surface area contributed by atoms with Gasteiger partial charge in [-0.05, 0) is 29.9 Å². The van der Waals surface area contributed by atoms with Gasteiger partial charge in [-0.1, -0.05) is 52.0 Å². The van der Waals surface area contributed by atoms with E-state index in [9.17, 15) is 9.59 Å². The molecule has 2 N–H and O–H groups in total. The molecule has 0 radical (unpaired) electrons. The number of rotatable bonds is 8. The predicted molar refractivity (Wildman–Crippen MR) is 111 cm³/mol. The number of carbonyl (C=O) groups excluding carboxylic acids is 2. The van der Waals surface area contributed by atoms with E-state index in [1.807, 2.05) is 6.92 Å². The van der Waals surface area contributed by atoms with Crippen molar-refractivity contribution in [3.05, 3.63) is 35.4 Å². The first-order chi connectivity index (χ1) is 13.3. The molecule has 1 aliphatic rings. The predicted octanol–water partition coefficient (Wildman–Crippen LogP) is 2.48. The van der Waals surface area contributed by atoms with Crippen LogP contribution in [0.4, 0.5) is 0 Å². The summed E-state index contributed by atoms with van der Waals surface area (Å²) in [5.74, 6) is 0.808. The van der Waals surface area contributed by atoms with E-state index in [-0.39, 0.29) is 23.8 Å². The number of nitrogens with one attached hydrogen (secondary N) is 2. The zero-order valence-electron chi connectivity index (χ0n) is 18.1. The number of esters is 1. The molecule has 0 unspecified atom stereocenters. The summed E-state index contributed by atoms with van der Waals surface area (Å²) in [6.07, 6.45) is 1.59. The van der Waals surface area contributed by atoms with Crippen molar-refractivity contribution in [2.24, 2.45) is 11.8 Å². The van der Waals surface area contributed by atoms with E-state index in [1.165, 1.54) is 10.5 Å². The second kappa shape index (κ2) is 10.6. The molecule has 28 heavy (non-hydrogen) atoms. The molecule has 1 amide bonds. The molecule has 1 heterocycles. The number of quaternary nitrogens is 1. The summed E-state index contributed by atoms with van der Waals surface area (Å²) in [6.45, 7) is 13.1. The Labute approximate surface area is 169 Å². The van der Waals surface area contributed by atoms with Gasteiger partial charge in [-0.25, -0.2) is 0 Å². The van der Waals surface area contributed by atoms with Crippen molar-refractivity contribution in [2.75, 3.05) is 26.2 Å². The number of hydrogen-bond acceptors (Lipinski definition) is 3. The maximum Gasteiger partial charge on any atom is 0.309 e. The summed E-state index contributed by atoms with van der Waals surface area (Å²) in [5.41, 5.74) is 2.47. The fourth-order valence-electron chi connectivity index (χ4n) is 3.87. The van der Waals surface area contributed by atoms with Crippen LogP contribution in [0.3, 0.4) is 0 Å². The third-order valence-corrected chi connectivity index (χ3v) is 5.67. The summed E-state index contributed by atoms with van der Waals surface area (Å²) in [7, 11) is 0. The lowest BCUT2D eigenvalue weighted by Crippen LogP contribution is -3.14. The van der Waals surface area contributed by atoms with Crippen LogP contribution in [0, 0.1) is 11.8 Å². The molecule has 5 heteroatoms. The van der Waals surface area contributed by atoms with E-state index in [1.54, 1.807) is 0 Å². The molecule has 0 aromatic heterocycles. The highest BCUT2D eigenvalue weighted by molar-refractivity contribution is 5.77. The largest absolute Gasteiger partial charge is 0.466 e. The number of benzene rings is 1. The standard InChI is InChI=1S/C23H36N2O3/c1-6-28-23(27)20-11-13-25(14-12-20)15-21(26)24-22(17(4)5)19-9-7-18(8-10-19)16(2)3/h7-10,16-17,20,22H,6,11-15H2,1-5H3,(H,24,26)/p+1/t22-/m1/s1. The summed E-state index contributed by atoms with van der Waals surface area (Å²) < 4.78 is 5.12. The Bertz CT molecular complexity index is 632. The van der Waals surface area contributed by atoms with E-state index in [2.05, 4.69) is 57.3 Å². The highest BCUT2D eigenvalue weighted by atomic mass is 16.5. The topological polar surface area (TPSA) is 59.8 Å². The van der Waals surface area contributed by atoms with Crippen LogP contribution < -0.4 is 10.2 Å². The quantitative estimate of drug-likeness (QED) is 0.672. The fraction of sp³-hybridized carbons (Fsp3) is 0.652. The van der Waals surface area contributed by atoms with Gasteiger partial charge in [0.25, 0.3) is 5.91 Å². The molecule has 1 atom stereocenters. The normalized spacial score (nSPS) is 20.8. The molecule has 1 aromatic rings. The highest BCUT2D eigenvalue weighted by Gasteiger charge is 2.30. The molecule has 2 rings (SSSR count). The lowest BCUT2D eigenvalue weighted by molar-refractivity contribution is -0.897. The van der Waals surface area contributed by atoms with Crippen molar-refractivity contribution in [2.45, 2.75) is 59.4 Å². The van der Waals surface area contributed by atoms with E-state index >= 15 is 0 Å². The van der Waals surface area contributed by atoms with Crippen molar-refractivity contribution >= 4 is 11.9 Å². The SMILES string of the molecule is CCOC(=O)C1CC[NH+](CC(=O)N[C@@H](c2ccc(C(C)C)cc2)C(C)C)CC1. The molecule has 1 aromatic carbocycles. The van der Waals surface area contributed by atoms with Gasteiger partial charge < -0.3 is 15.0 Å². The van der Waals surface area contributed by atoms with Gasteiger partial charge in [0.15, 0.2) is 6.54 Å². The Morgan fingerprint density at radius 2 is 1.64 bits per heavy atom. The second-order valence-corrected chi connectivity index (χ2v) is 8.56. The summed E-state index contributed by atoms with van der Waals surface area (Å²) in [5, 5.41) is 3.23. The number of amides is 1. The molecule has 0 saturated carbocycles. The smallest absolute Gasteiger partial charge is 0.309 e. The van der Waals surface area contributed by atoms with Gasteiger partial charge in [0.05, 0.1) is 31.7 Å². The molecule has 1 saturated heterocycles. The third-order valence-electron chi connectivity index (χ3n) is 5.67. The molecular weight excluding hydrogens is 352 g/mol. The van der Waals surface area contributed by atoms with Crippen molar-refractivity contribution in [1.29, 1.82) is 0 Å². The van der Waals surface area contributed by atoms with E-state index < -0.39 is 0 Å². The Kier molecular flexibility index (Phi) is 8.49. The molecule has 0 spiro atoms.